The van der Waals surface area contributed by atoms with Crippen LogP contribution in [0.5, 0.6) is 0 Å². The van der Waals surface area contributed by atoms with Crippen LogP contribution in [-0.4, -0.2) is 45.8 Å². The van der Waals surface area contributed by atoms with Crippen molar-refractivity contribution in [3.63, 3.8) is 0 Å². The maximum Gasteiger partial charge on any atom is 0.253 e. The van der Waals surface area contributed by atoms with Crippen molar-refractivity contribution in [2.24, 2.45) is 0 Å². The largest absolute Gasteiger partial charge is 0.349 e. The number of hydrogen-bond acceptors (Lipinski definition) is 7. The highest BCUT2D eigenvalue weighted by atomic mass is 32.2. The molecule has 2 saturated carbocycles. The van der Waals surface area contributed by atoms with Crippen molar-refractivity contribution in [3.8, 4) is 0 Å². The van der Waals surface area contributed by atoms with Crippen LogP contribution in [0.15, 0.2) is 28.6 Å². The Kier molecular flexibility index (Phi) is 5.81. The Morgan fingerprint density at radius 1 is 1.17 bits per heavy atom. The number of nitrogens with zero attached hydrogens (tertiary/aromatic N) is 3. The summed E-state index contributed by atoms with van der Waals surface area (Å²) in [5, 5.41) is 14.5. The molecule has 0 spiro atoms. The molecule has 0 bridgehead atoms. The van der Waals surface area contributed by atoms with Gasteiger partial charge in [0.2, 0.25) is 16.9 Å². The van der Waals surface area contributed by atoms with Gasteiger partial charge in [-0.3, -0.25) is 19.3 Å². The van der Waals surface area contributed by atoms with E-state index in [9.17, 15) is 14.4 Å². The third kappa shape index (κ3) is 5.13. The summed E-state index contributed by atoms with van der Waals surface area (Å²) in [6.45, 7) is 1.52. The molecule has 2 fully saturated rings. The molecule has 3 amide bonds. The molecule has 0 atom stereocenters. The minimum atomic E-state index is -0.232. The van der Waals surface area contributed by atoms with Crippen molar-refractivity contribution in [1.29, 1.82) is 0 Å². The van der Waals surface area contributed by atoms with Crippen molar-refractivity contribution < 1.29 is 14.4 Å². The highest BCUT2D eigenvalue weighted by molar-refractivity contribution is 8.01. The van der Waals surface area contributed by atoms with Gasteiger partial charge in [-0.1, -0.05) is 35.2 Å². The number of nitrogens with one attached hydrogen (secondary N) is 2. The molecule has 0 radical (unpaired) electrons. The predicted octanol–water partition coefficient (Wildman–Crippen LogP) is 2.68. The van der Waals surface area contributed by atoms with Crippen molar-refractivity contribution in [1.82, 2.24) is 15.5 Å². The Balaban J connectivity index is 1.34. The first kappa shape index (κ1) is 19.8. The van der Waals surface area contributed by atoms with Gasteiger partial charge in [0.05, 0.1) is 17.0 Å². The van der Waals surface area contributed by atoms with E-state index < -0.39 is 0 Å². The molecule has 1 aromatic heterocycles. The van der Waals surface area contributed by atoms with Crippen LogP contribution >= 0.6 is 23.1 Å². The first-order valence-corrected chi connectivity index (χ1v) is 11.3. The van der Waals surface area contributed by atoms with Crippen LogP contribution in [0.2, 0.25) is 0 Å². The maximum atomic E-state index is 12.4. The van der Waals surface area contributed by atoms with Gasteiger partial charge in [0, 0.05) is 19.0 Å². The normalized spacial score (nSPS) is 15.6. The summed E-state index contributed by atoms with van der Waals surface area (Å²) in [5.41, 5.74) is 0.947. The minimum absolute atomic E-state index is 0.0426. The number of hydrogen-bond donors (Lipinski definition) is 2. The SMILES string of the molecule is CC(=O)N(c1nnc(SCC(=O)Nc2ccccc2C(=O)NC2CC2)s1)C1CC1. The maximum absolute atomic E-state index is 12.4. The molecule has 10 heteroatoms. The molecule has 2 aromatic rings. The van der Waals surface area contributed by atoms with Gasteiger partial charge < -0.3 is 10.6 Å². The Hall–Kier alpha value is -2.46. The zero-order valence-corrected chi connectivity index (χ0v) is 17.5. The Labute approximate surface area is 176 Å². The van der Waals surface area contributed by atoms with Gasteiger partial charge in [-0.05, 0) is 37.8 Å². The molecule has 4 rings (SSSR count). The molecule has 0 saturated heterocycles. The Morgan fingerprint density at radius 2 is 1.93 bits per heavy atom. The molecule has 1 heterocycles. The Bertz CT molecular complexity index is 939. The van der Waals surface area contributed by atoms with E-state index >= 15 is 0 Å². The van der Waals surface area contributed by atoms with Gasteiger partial charge >= 0.3 is 0 Å². The van der Waals surface area contributed by atoms with Gasteiger partial charge in [0.1, 0.15) is 0 Å². The van der Waals surface area contributed by atoms with E-state index in [0.717, 1.165) is 25.7 Å². The van der Waals surface area contributed by atoms with Gasteiger partial charge in [0.25, 0.3) is 5.91 Å². The van der Waals surface area contributed by atoms with E-state index in [-0.39, 0.29) is 35.6 Å². The number of amides is 3. The second-order valence-electron chi connectivity index (χ2n) is 7.10. The summed E-state index contributed by atoms with van der Waals surface area (Å²) in [7, 11) is 0. The quantitative estimate of drug-likeness (QED) is 0.492. The van der Waals surface area contributed by atoms with Gasteiger partial charge in [-0.25, -0.2) is 0 Å². The molecular weight excluding hydrogens is 410 g/mol. The number of thioether (sulfide) groups is 1. The topological polar surface area (TPSA) is 104 Å². The van der Waals surface area contributed by atoms with Crippen LogP contribution in [0.1, 0.15) is 43.0 Å². The van der Waals surface area contributed by atoms with Crippen molar-refractivity contribution >= 4 is 51.6 Å². The summed E-state index contributed by atoms with van der Waals surface area (Å²) < 4.78 is 0.627. The third-order valence-electron chi connectivity index (χ3n) is 4.54. The number of benzene rings is 1. The van der Waals surface area contributed by atoms with Crippen molar-refractivity contribution in [2.75, 3.05) is 16.0 Å². The summed E-state index contributed by atoms with van der Waals surface area (Å²) in [6.07, 6.45) is 3.97. The monoisotopic (exact) mass is 431 g/mol. The third-order valence-corrected chi connectivity index (χ3v) is 6.59. The lowest BCUT2D eigenvalue weighted by atomic mass is 10.1. The second kappa shape index (κ2) is 8.50. The van der Waals surface area contributed by atoms with E-state index in [1.54, 1.807) is 29.2 Å². The first-order chi connectivity index (χ1) is 14.0. The average Bonchev–Trinajstić information content (AvgIpc) is 3.61. The smallest absolute Gasteiger partial charge is 0.253 e. The Morgan fingerprint density at radius 3 is 2.62 bits per heavy atom. The summed E-state index contributed by atoms with van der Waals surface area (Å²) in [5.74, 6) is -0.311. The fraction of sp³-hybridized carbons (Fsp3) is 0.421. The molecule has 152 valence electrons. The van der Waals surface area contributed by atoms with Crippen LogP contribution in [0.3, 0.4) is 0 Å². The fourth-order valence-electron chi connectivity index (χ4n) is 2.83. The standard InChI is InChI=1S/C19H21N5O3S2/c1-11(25)24(13-8-9-13)18-22-23-19(29-18)28-10-16(26)21-15-5-3-2-4-14(15)17(27)20-12-6-7-12/h2-5,12-13H,6-10H2,1H3,(H,20,27)(H,21,26). The van der Waals surface area contributed by atoms with Crippen molar-refractivity contribution in [2.45, 2.75) is 49.0 Å². The lowest BCUT2D eigenvalue weighted by molar-refractivity contribution is -0.116. The lowest BCUT2D eigenvalue weighted by Crippen LogP contribution is -2.30. The summed E-state index contributed by atoms with van der Waals surface area (Å²) in [4.78, 5) is 38.2. The van der Waals surface area contributed by atoms with Gasteiger partial charge in [0.15, 0.2) is 4.34 Å². The lowest BCUT2D eigenvalue weighted by Gasteiger charge is -2.15. The predicted molar refractivity (Wildman–Crippen MR) is 112 cm³/mol. The van der Waals surface area contributed by atoms with E-state index in [0.29, 0.717) is 20.7 Å². The van der Waals surface area contributed by atoms with Crippen LogP contribution in [-0.2, 0) is 9.59 Å². The number of anilines is 2. The van der Waals surface area contributed by atoms with Crippen LogP contribution < -0.4 is 15.5 Å². The van der Waals surface area contributed by atoms with Crippen LogP contribution in [0.25, 0.3) is 0 Å². The number of rotatable bonds is 8. The molecule has 2 N–H and O–H groups in total. The molecular formula is C19H21N5O3S2. The average molecular weight is 432 g/mol. The zero-order valence-electron chi connectivity index (χ0n) is 15.9. The first-order valence-electron chi connectivity index (χ1n) is 9.47. The number of aromatic nitrogens is 2. The number of carbonyl (C=O) groups is 3. The summed E-state index contributed by atoms with van der Waals surface area (Å²) >= 11 is 2.57. The van der Waals surface area contributed by atoms with E-state index in [1.807, 2.05) is 0 Å². The highest BCUT2D eigenvalue weighted by Gasteiger charge is 2.34. The van der Waals surface area contributed by atoms with Gasteiger partial charge in [-0.15, -0.1) is 10.2 Å². The molecule has 1 aromatic carbocycles. The van der Waals surface area contributed by atoms with E-state index in [1.165, 1.54) is 30.0 Å². The molecule has 2 aliphatic rings. The molecule has 2 aliphatic carbocycles. The molecule has 0 aliphatic heterocycles. The van der Waals surface area contributed by atoms with Gasteiger partial charge in [-0.2, -0.15) is 0 Å². The van der Waals surface area contributed by atoms with E-state index in [2.05, 4.69) is 20.8 Å². The molecule has 0 unspecified atom stereocenters. The van der Waals surface area contributed by atoms with Crippen LogP contribution in [0.4, 0.5) is 10.8 Å². The molecule has 29 heavy (non-hydrogen) atoms. The minimum Gasteiger partial charge on any atom is -0.349 e. The zero-order chi connectivity index (χ0) is 20.4. The van der Waals surface area contributed by atoms with Crippen LogP contribution in [0, 0.1) is 0 Å². The van der Waals surface area contributed by atoms with Crippen molar-refractivity contribution in [3.05, 3.63) is 29.8 Å². The highest BCUT2D eigenvalue weighted by Crippen LogP contribution is 2.35. The molecule has 8 nitrogen and oxygen atoms in total. The number of para-hydroxylation sites is 1. The number of carbonyl (C=O) groups excluding carboxylic acids is 3. The fourth-order valence-corrected chi connectivity index (χ4v) is 4.59. The second-order valence-corrected chi connectivity index (χ2v) is 9.28. The van der Waals surface area contributed by atoms with E-state index in [4.69, 9.17) is 0 Å². The summed E-state index contributed by atoms with van der Waals surface area (Å²) in [6, 6.07) is 7.44.